The van der Waals surface area contributed by atoms with Crippen LogP contribution in [-0.4, -0.2) is 41.0 Å². The topological polar surface area (TPSA) is 86.2 Å². The first-order chi connectivity index (χ1) is 13.1. The van der Waals surface area contributed by atoms with Crippen molar-refractivity contribution in [1.82, 2.24) is 15.2 Å². The Kier molecular flexibility index (Phi) is 5.96. The minimum absolute atomic E-state index is 0.130. The van der Waals surface area contributed by atoms with Gasteiger partial charge in [0.1, 0.15) is 0 Å². The van der Waals surface area contributed by atoms with Crippen molar-refractivity contribution in [2.45, 2.75) is 32.2 Å². The standard InChI is InChI=1S/C21H24N4O2/c1-15(26)25-10-2-3-20(25)18-6-4-16(5-7-18)11-17-12-19(14-23-13-17)21(27)24-9-8-22/h4-8,12-14,20,22H,2-3,9-11H2,1H3,(H,24,27). The maximum atomic E-state index is 12.0. The Labute approximate surface area is 159 Å². The van der Waals surface area contributed by atoms with Gasteiger partial charge < -0.3 is 15.6 Å². The van der Waals surface area contributed by atoms with E-state index in [4.69, 9.17) is 5.41 Å². The van der Waals surface area contributed by atoms with Crippen LogP contribution in [0.25, 0.3) is 0 Å². The molecule has 140 valence electrons. The average molecular weight is 364 g/mol. The third kappa shape index (κ3) is 4.58. The molecule has 6 heteroatoms. The van der Waals surface area contributed by atoms with Crippen LogP contribution < -0.4 is 5.32 Å². The van der Waals surface area contributed by atoms with Crippen LogP contribution in [0.4, 0.5) is 0 Å². The van der Waals surface area contributed by atoms with Gasteiger partial charge in [0.2, 0.25) is 5.91 Å². The van der Waals surface area contributed by atoms with Crippen molar-refractivity contribution in [1.29, 1.82) is 5.41 Å². The first kappa shape index (κ1) is 18.8. The number of nitrogens with zero attached hydrogens (tertiary/aromatic N) is 2. The molecule has 0 radical (unpaired) electrons. The number of aromatic nitrogens is 1. The Bertz CT molecular complexity index is 832. The summed E-state index contributed by atoms with van der Waals surface area (Å²) in [5.74, 6) is -0.0977. The minimum atomic E-state index is -0.228. The number of rotatable bonds is 6. The third-order valence-electron chi connectivity index (χ3n) is 4.85. The first-order valence-corrected chi connectivity index (χ1v) is 9.15. The van der Waals surface area contributed by atoms with Crippen molar-refractivity contribution < 1.29 is 9.59 Å². The Hall–Kier alpha value is -3.02. The number of amides is 2. The molecule has 3 rings (SSSR count). The third-order valence-corrected chi connectivity index (χ3v) is 4.85. The fraction of sp³-hybridized carbons (Fsp3) is 0.333. The van der Waals surface area contributed by atoms with E-state index in [0.717, 1.165) is 36.7 Å². The highest BCUT2D eigenvalue weighted by molar-refractivity contribution is 5.95. The Morgan fingerprint density at radius 3 is 2.74 bits per heavy atom. The fourth-order valence-electron chi connectivity index (χ4n) is 3.54. The van der Waals surface area contributed by atoms with E-state index in [1.165, 1.54) is 11.8 Å². The molecule has 1 atom stereocenters. The monoisotopic (exact) mass is 364 g/mol. The molecule has 1 aromatic carbocycles. The van der Waals surface area contributed by atoms with E-state index in [0.29, 0.717) is 12.0 Å². The molecule has 0 spiro atoms. The lowest BCUT2D eigenvalue weighted by molar-refractivity contribution is -0.129. The van der Waals surface area contributed by atoms with Crippen molar-refractivity contribution in [3.05, 3.63) is 65.0 Å². The summed E-state index contributed by atoms with van der Waals surface area (Å²) >= 11 is 0. The second kappa shape index (κ2) is 8.58. The molecule has 2 N–H and O–H groups in total. The lowest BCUT2D eigenvalue weighted by atomic mass is 9.99. The minimum Gasteiger partial charge on any atom is -0.347 e. The van der Waals surface area contributed by atoms with Crippen LogP contribution in [0, 0.1) is 5.41 Å². The van der Waals surface area contributed by atoms with Crippen molar-refractivity contribution >= 4 is 18.0 Å². The van der Waals surface area contributed by atoms with Gasteiger partial charge in [0.15, 0.2) is 0 Å². The summed E-state index contributed by atoms with van der Waals surface area (Å²) in [7, 11) is 0. The zero-order valence-corrected chi connectivity index (χ0v) is 15.4. The quantitative estimate of drug-likeness (QED) is 0.773. The van der Waals surface area contributed by atoms with E-state index in [1.54, 1.807) is 13.1 Å². The highest BCUT2D eigenvalue weighted by Crippen LogP contribution is 2.32. The summed E-state index contributed by atoms with van der Waals surface area (Å²) in [5, 5.41) is 9.62. The van der Waals surface area contributed by atoms with Gasteiger partial charge in [0.25, 0.3) is 5.91 Å². The zero-order valence-electron chi connectivity index (χ0n) is 15.4. The number of hydrogen-bond acceptors (Lipinski definition) is 4. The molecule has 1 saturated heterocycles. The molecule has 2 amide bonds. The molecule has 2 aromatic rings. The van der Waals surface area contributed by atoms with E-state index < -0.39 is 0 Å². The predicted molar refractivity (Wildman–Crippen MR) is 104 cm³/mol. The molecule has 27 heavy (non-hydrogen) atoms. The van der Waals surface area contributed by atoms with E-state index in [9.17, 15) is 9.59 Å². The van der Waals surface area contributed by atoms with E-state index in [1.807, 2.05) is 11.0 Å². The van der Waals surface area contributed by atoms with Crippen molar-refractivity contribution in [3.8, 4) is 0 Å². The van der Waals surface area contributed by atoms with Crippen LogP contribution in [0.3, 0.4) is 0 Å². The van der Waals surface area contributed by atoms with Gasteiger partial charge in [-0.1, -0.05) is 24.3 Å². The van der Waals surface area contributed by atoms with E-state index in [2.05, 4.69) is 34.6 Å². The van der Waals surface area contributed by atoms with Crippen LogP contribution in [0.5, 0.6) is 0 Å². The molecule has 1 aromatic heterocycles. The molecule has 2 heterocycles. The van der Waals surface area contributed by atoms with Gasteiger partial charge in [0.05, 0.1) is 18.2 Å². The fourth-order valence-corrected chi connectivity index (χ4v) is 3.54. The molecule has 6 nitrogen and oxygen atoms in total. The molecule has 0 aliphatic carbocycles. The van der Waals surface area contributed by atoms with Gasteiger partial charge in [0, 0.05) is 32.1 Å². The molecule has 1 unspecified atom stereocenters. The maximum absolute atomic E-state index is 12.0. The Morgan fingerprint density at radius 1 is 1.26 bits per heavy atom. The zero-order chi connectivity index (χ0) is 19.2. The maximum Gasteiger partial charge on any atom is 0.253 e. The van der Waals surface area contributed by atoms with Gasteiger partial charge in [-0.2, -0.15) is 0 Å². The van der Waals surface area contributed by atoms with Crippen LogP contribution in [0.1, 0.15) is 52.9 Å². The smallest absolute Gasteiger partial charge is 0.253 e. The van der Waals surface area contributed by atoms with Gasteiger partial charge in [-0.05, 0) is 42.0 Å². The number of hydrogen-bond donors (Lipinski definition) is 2. The van der Waals surface area contributed by atoms with Crippen molar-refractivity contribution in [2.75, 3.05) is 13.1 Å². The van der Waals surface area contributed by atoms with Crippen LogP contribution in [0.15, 0.2) is 42.7 Å². The number of likely N-dealkylation sites (tertiary alicyclic amines) is 1. The highest BCUT2D eigenvalue weighted by atomic mass is 16.2. The Morgan fingerprint density at radius 2 is 2.04 bits per heavy atom. The normalized spacial score (nSPS) is 16.2. The SMILES string of the molecule is CC(=O)N1CCCC1c1ccc(Cc2cncc(C(=O)NCC=N)c2)cc1. The second-order valence-electron chi connectivity index (χ2n) is 6.78. The number of carbonyl (C=O) groups is 2. The van der Waals surface area contributed by atoms with Gasteiger partial charge in [-0.15, -0.1) is 0 Å². The average Bonchev–Trinajstić information content (AvgIpc) is 3.17. The molecule has 1 fully saturated rings. The van der Waals surface area contributed by atoms with Crippen LogP contribution >= 0.6 is 0 Å². The predicted octanol–water partition coefficient (Wildman–Crippen LogP) is 2.74. The molecule has 0 saturated carbocycles. The first-order valence-electron chi connectivity index (χ1n) is 9.15. The molecule has 1 aliphatic heterocycles. The van der Waals surface area contributed by atoms with Crippen LogP contribution in [0.2, 0.25) is 0 Å². The van der Waals surface area contributed by atoms with Gasteiger partial charge >= 0.3 is 0 Å². The molecular formula is C21H24N4O2. The summed E-state index contributed by atoms with van der Waals surface area (Å²) in [4.78, 5) is 29.9. The summed E-state index contributed by atoms with van der Waals surface area (Å²) in [6.07, 6.45) is 7.17. The van der Waals surface area contributed by atoms with Crippen molar-refractivity contribution in [2.24, 2.45) is 0 Å². The van der Waals surface area contributed by atoms with Gasteiger partial charge in [-0.25, -0.2) is 0 Å². The summed E-state index contributed by atoms with van der Waals surface area (Å²) < 4.78 is 0. The second-order valence-corrected chi connectivity index (χ2v) is 6.78. The number of benzene rings is 1. The lowest BCUT2D eigenvalue weighted by Gasteiger charge is -2.23. The summed E-state index contributed by atoms with van der Waals surface area (Å²) in [5.41, 5.74) is 3.75. The number of pyridine rings is 1. The van der Waals surface area contributed by atoms with Gasteiger partial charge in [-0.3, -0.25) is 14.6 Å². The summed E-state index contributed by atoms with van der Waals surface area (Å²) in [6, 6.07) is 10.3. The Balaban J connectivity index is 1.69. The van der Waals surface area contributed by atoms with E-state index >= 15 is 0 Å². The molecule has 1 aliphatic rings. The lowest BCUT2D eigenvalue weighted by Crippen LogP contribution is -2.27. The van der Waals surface area contributed by atoms with Crippen LogP contribution in [-0.2, 0) is 11.2 Å². The highest BCUT2D eigenvalue weighted by Gasteiger charge is 2.27. The molecular weight excluding hydrogens is 340 g/mol. The number of carbonyl (C=O) groups excluding carboxylic acids is 2. The van der Waals surface area contributed by atoms with Crippen molar-refractivity contribution in [3.63, 3.8) is 0 Å². The van der Waals surface area contributed by atoms with E-state index in [-0.39, 0.29) is 24.4 Å². The largest absolute Gasteiger partial charge is 0.347 e. The molecule has 0 bridgehead atoms. The number of nitrogens with one attached hydrogen (secondary N) is 2. The summed E-state index contributed by atoms with van der Waals surface area (Å²) in [6.45, 7) is 2.67.